The fourth-order valence-corrected chi connectivity index (χ4v) is 3.58. The highest BCUT2D eigenvalue weighted by Gasteiger charge is 2.13. The van der Waals surface area contributed by atoms with Crippen molar-refractivity contribution in [2.24, 2.45) is 0 Å². The van der Waals surface area contributed by atoms with Crippen LogP contribution < -0.4 is 0 Å². The minimum absolute atomic E-state index is 0.318. The van der Waals surface area contributed by atoms with E-state index in [1.54, 1.807) is 12.1 Å². The maximum Gasteiger partial charge on any atom is 0.119 e. The van der Waals surface area contributed by atoms with E-state index < -0.39 is 0 Å². The lowest BCUT2D eigenvalue weighted by atomic mass is 9.91. The van der Waals surface area contributed by atoms with Crippen LogP contribution in [0.5, 0.6) is 11.5 Å². The van der Waals surface area contributed by atoms with Crippen molar-refractivity contribution in [1.29, 1.82) is 0 Å². The molecule has 3 aromatic rings. The summed E-state index contributed by atoms with van der Waals surface area (Å²) >= 11 is 0. The van der Waals surface area contributed by atoms with E-state index in [9.17, 15) is 10.2 Å². The molecule has 0 saturated carbocycles. The standard InChI is InChI=1S/C26H30O2/c1-5-17(3)23-15-21(10-12-25(23)27)19-8-7-9-20(14-19)22-11-13-26(28)24(16-22)18(4)6-2/h7-18,27-28H,5-6H2,1-4H3. The first-order valence-electron chi connectivity index (χ1n) is 10.2. The van der Waals surface area contributed by atoms with Crippen molar-refractivity contribution in [2.45, 2.75) is 52.4 Å². The Balaban J connectivity index is 2.02. The number of rotatable bonds is 6. The molecule has 2 heteroatoms. The molecular formula is C26H30O2. The normalized spacial score (nSPS) is 13.3. The van der Waals surface area contributed by atoms with Crippen LogP contribution in [0.3, 0.4) is 0 Å². The number of hydrogen-bond donors (Lipinski definition) is 2. The number of benzene rings is 3. The Morgan fingerprint density at radius 2 is 1.00 bits per heavy atom. The largest absolute Gasteiger partial charge is 0.508 e. The Bertz CT molecular complexity index is 884. The molecule has 0 aliphatic rings. The number of phenols is 2. The van der Waals surface area contributed by atoms with E-state index >= 15 is 0 Å². The summed E-state index contributed by atoms with van der Waals surface area (Å²) in [6.07, 6.45) is 1.98. The Morgan fingerprint density at radius 3 is 1.39 bits per heavy atom. The van der Waals surface area contributed by atoms with Gasteiger partial charge in [0, 0.05) is 0 Å². The number of aromatic hydroxyl groups is 2. The summed E-state index contributed by atoms with van der Waals surface area (Å²) < 4.78 is 0. The van der Waals surface area contributed by atoms with Gasteiger partial charge in [0.2, 0.25) is 0 Å². The molecule has 2 nitrogen and oxygen atoms in total. The Morgan fingerprint density at radius 1 is 0.607 bits per heavy atom. The molecule has 2 N–H and O–H groups in total. The van der Waals surface area contributed by atoms with Crippen molar-refractivity contribution >= 4 is 0 Å². The lowest BCUT2D eigenvalue weighted by molar-refractivity contribution is 0.461. The number of hydrogen-bond acceptors (Lipinski definition) is 2. The average molecular weight is 375 g/mol. The van der Waals surface area contributed by atoms with E-state index in [1.165, 1.54) is 0 Å². The summed E-state index contributed by atoms with van der Waals surface area (Å²) in [5.74, 6) is 1.37. The first-order valence-corrected chi connectivity index (χ1v) is 10.2. The van der Waals surface area contributed by atoms with E-state index in [0.717, 1.165) is 46.2 Å². The van der Waals surface area contributed by atoms with Gasteiger partial charge in [-0.3, -0.25) is 0 Å². The highest BCUT2D eigenvalue weighted by molar-refractivity contribution is 5.74. The van der Waals surface area contributed by atoms with E-state index in [-0.39, 0.29) is 0 Å². The zero-order valence-corrected chi connectivity index (χ0v) is 17.2. The van der Waals surface area contributed by atoms with Crippen LogP contribution in [0.2, 0.25) is 0 Å². The molecule has 0 radical (unpaired) electrons. The Labute approximate surface area is 168 Å². The minimum atomic E-state index is 0.318. The zero-order chi connectivity index (χ0) is 20.3. The average Bonchev–Trinajstić information content (AvgIpc) is 2.73. The van der Waals surface area contributed by atoms with Gasteiger partial charge in [0.25, 0.3) is 0 Å². The summed E-state index contributed by atoms with van der Waals surface area (Å²) in [4.78, 5) is 0. The zero-order valence-electron chi connectivity index (χ0n) is 17.2. The fraction of sp³-hybridized carbons (Fsp3) is 0.308. The summed E-state index contributed by atoms with van der Waals surface area (Å²) in [5.41, 5.74) is 6.45. The molecule has 0 fully saturated rings. The third kappa shape index (κ3) is 4.06. The summed E-state index contributed by atoms with van der Waals surface area (Å²) in [6.45, 7) is 8.55. The van der Waals surface area contributed by atoms with Gasteiger partial charge in [-0.1, -0.05) is 58.0 Å². The van der Waals surface area contributed by atoms with Crippen LogP contribution in [0.4, 0.5) is 0 Å². The molecule has 0 saturated heterocycles. The van der Waals surface area contributed by atoms with Crippen LogP contribution in [0, 0.1) is 0 Å². The van der Waals surface area contributed by atoms with E-state index in [2.05, 4.69) is 64.1 Å². The summed E-state index contributed by atoms with van der Waals surface area (Å²) in [6, 6.07) is 20.2. The molecule has 2 unspecified atom stereocenters. The van der Waals surface area contributed by atoms with Gasteiger partial charge in [-0.2, -0.15) is 0 Å². The molecule has 0 heterocycles. The van der Waals surface area contributed by atoms with Crippen LogP contribution in [0.1, 0.15) is 63.5 Å². The van der Waals surface area contributed by atoms with Crippen molar-refractivity contribution in [3.05, 3.63) is 71.8 Å². The fourth-order valence-electron chi connectivity index (χ4n) is 3.58. The van der Waals surface area contributed by atoms with Gasteiger partial charge in [-0.05, 0) is 88.4 Å². The molecule has 3 rings (SSSR count). The molecule has 3 aromatic carbocycles. The van der Waals surface area contributed by atoms with Gasteiger partial charge in [0.15, 0.2) is 0 Å². The molecule has 0 bridgehead atoms. The van der Waals surface area contributed by atoms with Gasteiger partial charge in [0.05, 0.1) is 0 Å². The first kappa shape index (κ1) is 20.0. The van der Waals surface area contributed by atoms with Crippen molar-refractivity contribution < 1.29 is 10.2 Å². The van der Waals surface area contributed by atoms with Crippen molar-refractivity contribution in [3.8, 4) is 33.8 Å². The molecule has 28 heavy (non-hydrogen) atoms. The predicted octanol–water partition coefficient (Wildman–Crippen LogP) is 7.46. The predicted molar refractivity (Wildman–Crippen MR) is 118 cm³/mol. The topological polar surface area (TPSA) is 40.5 Å². The van der Waals surface area contributed by atoms with Crippen molar-refractivity contribution in [1.82, 2.24) is 0 Å². The second-order valence-electron chi connectivity index (χ2n) is 7.75. The summed E-state index contributed by atoms with van der Waals surface area (Å²) in [7, 11) is 0. The van der Waals surface area contributed by atoms with Crippen LogP contribution in [0.25, 0.3) is 22.3 Å². The van der Waals surface area contributed by atoms with Crippen LogP contribution in [-0.2, 0) is 0 Å². The first-order chi connectivity index (χ1) is 13.4. The van der Waals surface area contributed by atoms with Crippen LogP contribution in [-0.4, -0.2) is 10.2 Å². The summed E-state index contributed by atoms with van der Waals surface area (Å²) in [5, 5.41) is 20.4. The second kappa shape index (κ2) is 8.52. The molecule has 0 amide bonds. The van der Waals surface area contributed by atoms with Gasteiger partial charge in [-0.25, -0.2) is 0 Å². The monoisotopic (exact) mass is 374 g/mol. The van der Waals surface area contributed by atoms with Crippen LogP contribution >= 0.6 is 0 Å². The molecule has 0 aliphatic carbocycles. The molecular weight excluding hydrogens is 344 g/mol. The number of phenolic OH excluding ortho intramolecular Hbond substituents is 2. The second-order valence-corrected chi connectivity index (χ2v) is 7.75. The lowest BCUT2D eigenvalue weighted by Gasteiger charge is -2.15. The highest BCUT2D eigenvalue weighted by atomic mass is 16.3. The lowest BCUT2D eigenvalue weighted by Crippen LogP contribution is -1.94. The quantitative estimate of drug-likeness (QED) is 0.470. The SMILES string of the molecule is CCC(C)c1cc(-c2cccc(-c3ccc(O)c(C(C)CC)c3)c2)ccc1O. The van der Waals surface area contributed by atoms with E-state index in [0.29, 0.717) is 23.3 Å². The smallest absolute Gasteiger partial charge is 0.119 e. The molecule has 146 valence electrons. The minimum Gasteiger partial charge on any atom is -0.508 e. The maximum atomic E-state index is 10.2. The van der Waals surface area contributed by atoms with E-state index in [4.69, 9.17) is 0 Å². The highest BCUT2D eigenvalue weighted by Crippen LogP contribution is 2.36. The van der Waals surface area contributed by atoms with Gasteiger partial charge in [-0.15, -0.1) is 0 Å². The maximum absolute atomic E-state index is 10.2. The molecule has 0 aliphatic heterocycles. The molecule has 0 spiro atoms. The van der Waals surface area contributed by atoms with Gasteiger partial charge in [0.1, 0.15) is 11.5 Å². The van der Waals surface area contributed by atoms with Crippen molar-refractivity contribution in [2.75, 3.05) is 0 Å². The third-order valence-corrected chi connectivity index (χ3v) is 5.87. The van der Waals surface area contributed by atoms with Gasteiger partial charge < -0.3 is 10.2 Å². The van der Waals surface area contributed by atoms with Crippen LogP contribution in [0.15, 0.2) is 60.7 Å². The third-order valence-electron chi connectivity index (χ3n) is 5.87. The van der Waals surface area contributed by atoms with Gasteiger partial charge >= 0.3 is 0 Å². The molecule has 2 atom stereocenters. The van der Waals surface area contributed by atoms with Crippen molar-refractivity contribution in [3.63, 3.8) is 0 Å². The molecule has 0 aromatic heterocycles. The Kier molecular flexibility index (Phi) is 6.08. The Hall–Kier alpha value is -2.74. The van der Waals surface area contributed by atoms with E-state index in [1.807, 2.05) is 12.1 Å².